The van der Waals surface area contributed by atoms with Crippen LogP contribution in [0.1, 0.15) is 26.2 Å². The van der Waals surface area contributed by atoms with Crippen molar-refractivity contribution in [2.45, 2.75) is 37.1 Å². The van der Waals surface area contributed by atoms with E-state index in [1.165, 1.54) is 26.0 Å². The maximum atomic E-state index is 11.8. The van der Waals surface area contributed by atoms with Gasteiger partial charge in [0.1, 0.15) is 0 Å². The zero-order valence-electron chi connectivity index (χ0n) is 11.3. The highest BCUT2D eigenvalue weighted by Gasteiger charge is 2.24. The number of sulfonamides is 1. The van der Waals surface area contributed by atoms with Crippen molar-refractivity contribution in [2.75, 3.05) is 18.1 Å². The van der Waals surface area contributed by atoms with E-state index < -0.39 is 10.0 Å². The molecule has 0 amide bonds. The Morgan fingerprint density at radius 1 is 1.32 bits per heavy atom. The Bertz CT molecular complexity index is 557. The zero-order valence-corrected chi connectivity index (χ0v) is 12.1. The number of nitrogens with one attached hydrogen (secondary N) is 2. The van der Waals surface area contributed by atoms with Gasteiger partial charge in [-0.15, -0.1) is 0 Å². The average molecular weight is 283 g/mol. The molecule has 1 aliphatic carbocycles. The number of hydrogen-bond acceptors (Lipinski definition) is 4. The van der Waals surface area contributed by atoms with E-state index in [0.717, 1.165) is 6.42 Å². The van der Waals surface area contributed by atoms with Gasteiger partial charge in [-0.3, -0.25) is 0 Å². The van der Waals surface area contributed by atoms with Crippen LogP contribution in [-0.4, -0.2) is 21.5 Å². The van der Waals surface area contributed by atoms with Gasteiger partial charge in [0.25, 0.3) is 0 Å². The highest BCUT2D eigenvalue weighted by atomic mass is 32.2. The van der Waals surface area contributed by atoms with Gasteiger partial charge in [-0.1, -0.05) is 13.3 Å². The first-order valence-electron chi connectivity index (χ1n) is 6.53. The summed E-state index contributed by atoms with van der Waals surface area (Å²) in [6.07, 6.45) is 3.50. The number of benzene rings is 1. The summed E-state index contributed by atoms with van der Waals surface area (Å²) in [6, 6.07) is 5.12. The molecule has 2 atom stereocenters. The summed E-state index contributed by atoms with van der Waals surface area (Å²) in [5, 5.41) is 3.38. The van der Waals surface area contributed by atoms with Crippen LogP contribution in [0.5, 0.6) is 0 Å². The molecule has 0 bridgehead atoms. The molecule has 5 nitrogen and oxygen atoms in total. The third-order valence-electron chi connectivity index (χ3n) is 3.81. The lowest BCUT2D eigenvalue weighted by molar-refractivity contribution is 0.556. The van der Waals surface area contributed by atoms with Crippen molar-refractivity contribution in [3.05, 3.63) is 18.2 Å². The number of nitrogen functional groups attached to an aromatic ring is 1. The normalized spacial score (nSPS) is 23.5. The van der Waals surface area contributed by atoms with E-state index >= 15 is 0 Å². The molecule has 1 aromatic rings. The third-order valence-corrected chi connectivity index (χ3v) is 5.22. The number of nitrogens with two attached hydrogens (primary N) is 1. The summed E-state index contributed by atoms with van der Waals surface area (Å²) in [5.74, 6) is 0.587. The van der Waals surface area contributed by atoms with Crippen LogP contribution < -0.4 is 15.8 Å². The van der Waals surface area contributed by atoms with Gasteiger partial charge in [-0.25, -0.2) is 13.1 Å². The lowest BCUT2D eigenvalue weighted by Crippen LogP contribution is -2.23. The molecule has 0 aromatic heterocycles. The fourth-order valence-electron chi connectivity index (χ4n) is 2.51. The number of rotatable bonds is 4. The summed E-state index contributed by atoms with van der Waals surface area (Å²) in [6.45, 7) is 2.20. The topological polar surface area (TPSA) is 84.2 Å². The van der Waals surface area contributed by atoms with Crippen LogP contribution in [0.2, 0.25) is 0 Å². The highest BCUT2D eigenvalue weighted by Crippen LogP contribution is 2.31. The predicted molar refractivity (Wildman–Crippen MR) is 77.5 cm³/mol. The van der Waals surface area contributed by atoms with E-state index in [-0.39, 0.29) is 4.90 Å². The quantitative estimate of drug-likeness (QED) is 0.735. The molecule has 106 valence electrons. The summed E-state index contributed by atoms with van der Waals surface area (Å²) in [7, 11) is -2.03. The molecule has 1 saturated carbocycles. The average Bonchev–Trinajstić information content (AvgIpc) is 2.77. The van der Waals surface area contributed by atoms with E-state index in [2.05, 4.69) is 17.0 Å². The monoisotopic (exact) mass is 283 g/mol. The standard InChI is InChI=1S/C13H21N3O2S/c1-9-4-3-5-12(9)16-13-8-10(6-7-11(13)14)19(17,18)15-2/h6-9,12,15-16H,3-5,14H2,1-2H3. The van der Waals surface area contributed by atoms with Gasteiger partial charge in [0.2, 0.25) is 10.0 Å². The molecular formula is C13H21N3O2S. The van der Waals surface area contributed by atoms with Crippen molar-refractivity contribution >= 4 is 21.4 Å². The fourth-order valence-corrected chi connectivity index (χ4v) is 3.26. The Labute approximate surface area is 114 Å². The Hall–Kier alpha value is -1.27. The maximum absolute atomic E-state index is 11.8. The van der Waals surface area contributed by atoms with Crippen molar-refractivity contribution in [1.29, 1.82) is 0 Å². The van der Waals surface area contributed by atoms with Crippen LogP contribution in [0.15, 0.2) is 23.1 Å². The molecule has 2 rings (SSSR count). The first kappa shape index (κ1) is 14.1. The van der Waals surface area contributed by atoms with E-state index in [0.29, 0.717) is 23.3 Å². The van der Waals surface area contributed by atoms with Gasteiger partial charge >= 0.3 is 0 Å². The summed E-state index contributed by atoms with van der Waals surface area (Å²) in [4.78, 5) is 0.234. The largest absolute Gasteiger partial charge is 0.397 e. The Kier molecular flexibility index (Phi) is 4.01. The number of anilines is 2. The zero-order chi connectivity index (χ0) is 14.0. The second-order valence-electron chi connectivity index (χ2n) is 5.12. The van der Waals surface area contributed by atoms with E-state index in [1.54, 1.807) is 12.1 Å². The predicted octanol–water partition coefficient (Wildman–Crippen LogP) is 1.78. The van der Waals surface area contributed by atoms with E-state index in [9.17, 15) is 8.42 Å². The van der Waals surface area contributed by atoms with Crippen LogP contribution in [0.4, 0.5) is 11.4 Å². The van der Waals surface area contributed by atoms with Crippen LogP contribution >= 0.6 is 0 Å². The van der Waals surface area contributed by atoms with Crippen molar-refractivity contribution in [3.63, 3.8) is 0 Å². The van der Waals surface area contributed by atoms with Crippen molar-refractivity contribution in [2.24, 2.45) is 5.92 Å². The van der Waals surface area contributed by atoms with Crippen molar-refractivity contribution in [1.82, 2.24) is 4.72 Å². The minimum Gasteiger partial charge on any atom is -0.397 e. The van der Waals surface area contributed by atoms with Crippen molar-refractivity contribution < 1.29 is 8.42 Å². The van der Waals surface area contributed by atoms with Gasteiger partial charge in [0.15, 0.2) is 0 Å². The molecule has 19 heavy (non-hydrogen) atoms. The van der Waals surface area contributed by atoms with E-state index in [1.807, 2.05) is 0 Å². The molecule has 0 radical (unpaired) electrons. The minimum absolute atomic E-state index is 0.234. The molecule has 0 spiro atoms. The molecule has 1 aliphatic rings. The van der Waals surface area contributed by atoms with E-state index in [4.69, 9.17) is 5.73 Å². The van der Waals surface area contributed by atoms with Gasteiger partial charge in [0.05, 0.1) is 16.3 Å². The fraction of sp³-hybridized carbons (Fsp3) is 0.538. The first-order chi connectivity index (χ1) is 8.94. The van der Waals surface area contributed by atoms with Crippen LogP contribution in [0.3, 0.4) is 0 Å². The molecule has 6 heteroatoms. The second kappa shape index (κ2) is 5.38. The van der Waals surface area contributed by atoms with Crippen LogP contribution in [-0.2, 0) is 10.0 Å². The molecule has 0 saturated heterocycles. The summed E-state index contributed by atoms with van der Waals surface area (Å²) >= 11 is 0. The summed E-state index contributed by atoms with van der Waals surface area (Å²) < 4.78 is 25.9. The lowest BCUT2D eigenvalue weighted by Gasteiger charge is -2.20. The summed E-state index contributed by atoms with van der Waals surface area (Å²) in [5.41, 5.74) is 7.20. The molecular weight excluding hydrogens is 262 g/mol. The maximum Gasteiger partial charge on any atom is 0.240 e. The molecule has 0 aliphatic heterocycles. The second-order valence-corrected chi connectivity index (χ2v) is 7.00. The smallest absolute Gasteiger partial charge is 0.240 e. The minimum atomic E-state index is -3.43. The molecule has 4 N–H and O–H groups in total. The SMILES string of the molecule is CNS(=O)(=O)c1ccc(N)c(NC2CCCC2C)c1. The van der Waals surface area contributed by atoms with Crippen LogP contribution in [0, 0.1) is 5.92 Å². The first-order valence-corrected chi connectivity index (χ1v) is 8.02. The molecule has 1 aromatic carbocycles. The lowest BCUT2D eigenvalue weighted by atomic mass is 10.1. The molecule has 0 heterocycles. The van der Waals surface area contributed by atoms with Crippen molar-refractivity contribution in [3.8, 4) is 0 Å². The van der Waals surface area contributed by atoms with Gasteiger partial charge < -0.3 is 11.1 Å². The van der Waals surface area contributed by atoms with Gasteiger partial charge in [-0.2, -0.15) is 0 Å². The van der Waals surface area contributed by atoms with Gasteiger partial charge in [-0.05, 0) is 44.0 Å². The molecule has 2 unspecified atom stereocenters. The van der Waals surface area contributed by atoms with Crippen LogP contribution in [0.25, 0.3) is 0 Å². The Morgan fingerprint density at radius 3 is 2.63 bits per heavy atom. The highest BCUT2D eigenvalue weighted by molar-refractivity contribution is 7.89. The third kappa shape index (κ3) is 3.01. The molecule has 1 fully saturated rings. The number of hydrogen-bond donors (Lipinski definition) is 3. The Balaban J connectivity index is 2.27. The van der Waals surface area contributed by atoms with Gasteiger partial charge in [0, 0.05) is 6.04 Å². The Morgan fingerprint density at radius 2 is 2.05 bits per heavy atom.